The quantitative estimate of drug-likeness (QED) is 0.405. The van der Waals surface area contributed by atoms with Crippen molar-refractivity contribution in [2.45, 2.75) is 0 Å². The number of nitrogens with two attached hydrogens (primary N) is 1. The maximum atomic E-state index is 9.24. The minimum atomic E-state index is -0.968. The van der Waals surface area contributed by atoms with E-state index in [1.165, 1.54) is 0 Å². The molecule has 9 heavy (non-hydrogen) atoms. The molecule has 0 fully saturated rings. The van der Waals surface area contributed by atoms with E-state index < -0.39 is 5.97 Å². The Bertz CT molecular complexity index is 55.8. The van der Waals surface area contributed by atoms with E-state index in [0.717, 1.165) is 0 Å². The zero-order valence-corrected chi connectivity index (χ0v) is 10.9. The van der Waals surface area contributed by atoms with Crippen molar-refractivity contribution in [3.63, 3.8) is 0 Å². The first-order valence-electron chi connectivity index (χ1n) is 1.19. The van der Waals surface area contributed by atoms with Gasteiger partial charge in [0.2, 0.25) is 0 Å². The molecule has 0 amide bonds. The van der Waals surface area contributed by atoms with Crippen LogP contribution in [0.2, 0.25) is 0 Å². The number of aliphatic carboxylic acids is 1. The summed E-state index contributed by atoms with van der Waals surface area (Å²) in [5.41, 5.74) is 4.57. The molecule has 0 aliphatic carbocycles. The average Bonchev–Trinajstić information content (AvgIpc) is 1.38. The number of halogens is 2. The summed E-state index contributed by atoms with van der Waals surface area (Å²) in [7, 11) is 0. The van der Waals surface area contributed by atoms with Crippen molar-refractivity contribution in [3.05, 3.63) is 0 Å². The van der Waals surface area contributed by atoms with E-state index in [1.54, 1.807) is 0 Å². The Kier molecular flexibility index (Phi) is 76.3. The molecule has 3 N–H and O–H groups in total. The Morgan fingerprint density at radius 2 is 1.44 bits per heavy atom. The normalized spacial score (nSPS) is 4.11. The van der Waals surface area contributed by atoms with Gasteiger partial charge < -0.3 is 35.7 Å². The van der Waals surface area contributed by atoms with Crippen LogP contribution < -0.4 is 89.7 Å². The minimum absolute atomic E-state index is 0. The molecule has 0 aromatic carbocycles. The molecule has 0 rings (SSSR count). The molecule has 3 nitrogen and oxygen atoms in total. The van der Waals surface area contributed by atoms with Crippen LogP contribution in [0.4, 0.5) is 0 Å². The summed E-state index contributed by atoms with van der Waals surface area (Å²) in [5, 5.41) is 7.60. The second-order valence-electron chi connectivity index (χ2n) is 0.598. The van der Waals surface area contributed by atoms with Gasteiger partial charge in [0.15, 0.2) is 0 Å². The molecule has 0 aromatic heterocycles. The van der Waals surface area contributed by atoms with Gasteiger partial charge >= 0.3 is 65.1 Å². The summed E-state index contributed by atoms with van der Waals surface area (Å²) in [6.07, 6.45) is 0. The van der Waals surface area contributed by atoms with Crippen molar-refractivity contribution in [2.75, 3.05) is 6.54 Å². The molecule has 7 heteroatoms. The predicted octanol–water partition coefficient (Wildman–Crippen LogP) is -13.0. The summed E-state index contributed by atoms with van der Waals surface area (Å²) < 4.78 is 0. The SMILES string of the molecule is NCC(=O)O.[Cl-].[Cl-].[Na+].[Na+]. The van der Waals surface area contributed by atoms with Crippen LogP contribution in [0, 0.1) is 0 Å². The number of hydrogen-bond acceptors (Lipinski definition) is 2. The van der Waals surface area contributed by atoms with E-state index in [9.17, 15) is 4.79 Å². The van der Waals surface area contributed by atoms with E-state index in [4.69, 9.17) is 5.11 Å². The molecule has 0 radical (unpaired) electrons. The molecule has 0 unspecified atom stereocenters. The van der Waals surface area contributed by atoms with Gasteiger partial charge in [-0.05, 0) is 0 Å². The zero-order valence-electron chi connectivity index (χ0n) is 5.40. The molecule has 0 saturated carbocycles. The van der Waals surface area contributed by atoms with Gasteiger partial charge in [-0.15, -0.1) is 0 Å². The molecule has 46 valence electrons. The zero-order chi connectivity index (χ0) is 4.28. The Balaban J connectivity index is -0.0000000133. The fourth-order valence-electron chi connectivity index (χ4n) is 0. The van der Waals surface area contributed by atoms with Crippen molar-refractivity contribution in [1.82, 2.24) is 0 Å². The van der Waals surface area contributed by atoms with Crippen molar-refractivity contribution < 1.29 is 93.8 Å². The topological polar surface area (TPSA) is 63.3 Å². The number of carboxylic acid groups (broad SMARTS) is 1. The van der Waals surface area contributed by atoms with Crippen molar-refractivity contribution in [3.8, 4) is 0 Å². The first kappa shape index (κ1) is 30.5. The van der Waals surface area contributed by atoms with Gasteiger partial charge in [0, 0.05) is 0 Å². The van der Waals surface area contributed by atoms with Gasteiger partial charge in [-0.25, -0.2) is 0 Å². The molecular weight excluding hydrogens is 187 g/mol. The van der Waals surface area contributed by atoms with Crippen LogP contribution >= 0.6 is 0 Å². The van der Waals surface area contributed by atoms with Gasteiger partial charge in [0.1, 0.15) is 0 Å². The monoisotopic (exact) mass is 191 g/mol. The summed E-state index contributed by atoms with van der Waals surface area (Å²) >= 11 is 0. The molecule has 0 atom stereocenters. The summed E-state index contributed by atoms with van der Waals surface area (Å²) in [6, 6.07) is 0. The van der Waals surface area contributed by atoms with Crippen molar-refractivity contribution in [2.24, 2.45) is 5.73 Å². The maximum absolute atomic E-state index is 9.24. The van der Waals surface area contributed by atoms with Gasteiger partial charge in [-0.3, -0.25) is 4.79 Å². The van der Waals surface area contributed by atoms with Crippen LogP contribution in [0.25, 0.3) is 0 Å². The number of carboxylic acids is 1. The Labute approximate surface area is 111 Å². The Hall–Kier alpha value is 2.01. The smallest absolute Gasteiger partial charge is 1.00 e. The fraction of sp³-hybridized carbons (Fsp3) is 0.500. The summed E-state index contributed by atoms with van der Waals surface area (Å²) in [6.45, 7) is -0.278. The summed E-state index contributed by atoms with van der Waals surface area (Å²) in [5.74, 6) is -0.968. The van der Waals surface area contributed by atoms with Gasteiger partial charge in [-0.1, -0.05) is 0 Å². The van der Waals surface area contributed by atoms with Gasteiger partial charge in [0.05, 0.1) is 6.54 Å². The largest absolute Gasteiger partial charge is 1.00 e. The van der Waals surface area contributed by atoms with Crippen molar-refractivity contribution in [1.29, 1.82) is 0 Å². The van der Waals surface area contributed by atoms with Crippen LogP contribution in [0.1, 0.15) is 0 Å². The first-order valence-corrected chi connectivity index (χ1v) is 1.19. The van der Waals surface area contributed by atoms with E-state index in [0.29, 0.717) is 0 Å². The minimum Gasteiger partial charge on any atom is -1.00 e. The van der Waals surface area contributed by atoms with Gasteiger partial charge in [0.25, 0.3) is 0 Å². The molecule has 0 aliphatic rings. The molecular formula is C2H5Cl2NNa2O2. The molecule has 0 bridgehead atoms. The first-order chi connectivity index (χ1) is 2.27. The van der Waals surface area contributed by atoms with Gasteiger partial charge in [-0.2, -0.15) is 0 Å². The van der Waals surface area contributed by atoms with Crippen LogP contribution in [0.5, 0.6) is 0 Å². The second kappa shape index (κ2) is 22.5. The molecule has 0 heterocycles. The molecule has 0 aliphatic heterocycles. The average molecular weight is 192 g/mol. The van der Waals surface area contributed by atoms with Crippen molar-refractivity contribution >= 4 is 5.97 Å². The van der Waals surface area contributed by atoms with E-state index >= 15 is 0 Å². The molecule has 0 aromatic rings. The Morgan fingerprint density at radius 1 is 1.33 bits per heavy atom. The second-order valence-corrected chi connectivity index (χ2v) is 0.598. The third-order valence-corrected chi connectivity index (χ3v) is 0.175. The van der Waals surface area contributed by atoms with E-state index in [1.807, 2.05) is 0 Å². The van der Waals surface area contributed by atoms with Crippen LogP contribution in [-0.4, -0.2) is 17.6 Å². The fourth-order valence-corrected chi connectivity index (χ4v) is 0. The van der Waals surface area contributed by atoms with E-state index in [2.05, 4.69) is 5.73 Å². The standard InChI is InChI=1S/C2H5NO2.2ClH.2Na/c3-1-2(4)5;;;;/h1,3H2,(H,4,5);2*1H;;/q;;;2*+1/p-2. The van der Waals surface area contributed by atoms with E-state index in [-0.39, 0.29) is 90.5 Å². The van der Waals surface area contributed by atoms with Crippen LogP contribution in [0.15, 0.2) is 0 Å². The third-order valence-electron chi connectivity index (χ3n) is 0.175. The van der Waals surface area contributed by atoms with Crippen LogP contribution in [0.3, 0.4) is 0 Å². The van der Waals surface area contributed by atoms with Crippen LogP contribution in [-0.2, 0) is 4.79 Å². The summed E-state index contributed by atoms with van der Waals surface area (Å²) in [4.78, 5) is 9.24. The Morgan fingerprint density at radius 3 is 1.44 bits per heavy atom. The molecule has 0 spiro atoms. The predicted molar refractivity (Wildman–Crippen MR) is 16.7 cm³/mol. The number of rotatable bonds is 1. The maximum Gasteiger partial charge on any atom is 1.00 e. The third kappa shape index (κ3) is 39.9. The number of carbonyl (C=O) groups is 1. The molecule has 0 saturated heterocycles. The number of hydrogen-bond donors (Lipinski definition) is 2.